The van der Waals surface area contributed by atoms with Crippen LogP contribution in [0.15, 0.2) is 109 Å². The highest BCUT2D eigenvalue weighted by molar-refractivity contribution is 6.02. The second kappa shape index (κ2) is 41.5. The molecular formula is C89H118N12O15. The Morgan fingerprint density at radius 3 is 1.78 bits per heavy atom. The Balaban J connectivity index is 0.567. The van der Waals surface area contributed by atoms with Gasteiger partial charge in [0, 0.05) is 67.1 Å². The van der Waals surface area contributed by atoms with E-state index in [9.17, 15) is 47.9 Å². The SMILES string of the molecule is CC(C)[C@H](NC(=O)CCOCCOCCOCCOCCNC(=O)CCC(=O)N1Cc2ccccc2C#Cc2ccccc21)C(=O)N[C@@H](CCCNC(N)=O)C(=O)Nc1ccc(COC(=O)NCCCC[C@H](N)C(=O)Nc2ccc3c(c2)[C@@]2(C)CCC[C@](C)(C(=O)NC(=O)[C@@]4(C)CCC[C@]5(C)c6cc(N)ccc6CC[C@@H]45)[C@@H]2CC3)cc1. The van der Waals surface area contributed by atoms with Gasteiger partial charge in [-0.2, -0.15) is 0 Å². The van der Waals surface area contributed by atoms with Crippen LogP contribution < -0.4 is 64.6 Å². The first kappa shape index (κ1) is 88.1. The van der Waals surface area contributed by atoms with Crippen LogP contribution in [0.2, 0.25) is 0 Å². The third-order valence-corrected chi connectivity index (χ3v) is 24.2. The maximum atomic E-state index is 14.8. The fraction of sp³-hybridized carbons (Fsp3) is 0.528. The van der Waals surface area contributed by atoms with Crippen LogP contribution in [0.25, 0.3) is 0 Å². The lowest BCUT2D eigenvalue weighted by Gasteiger charge is -2.56. The monoisotopic (exact) mass is 1590 g/mol. The number of nitrogens with two attached hydrogens (primary N) is 3. The Bertz CT molecular complexity index is 4370. The Labute approximate surface area is 681 Å². The molecule has 4 aliphatic carbocycles. The maximum Gasteiger partial charge on any atom is 0.407 e. The number of primary amides is 1. The maximum absolute atomic E-state index is 14.8. The lowest BCUT2D eigenvalue weighted by atomic mass is 9.49. The molecule has 27 heteroatoms. The van der Waals surface area contributed by atoms with E-state index in [-0.39, 0.29) is 143 Å². The minimum absolute atomic E-state index is 0.0300. The third-order valence-electron chi connectivity index (χ3n) is 24.2. The molecule has 10 rings (SSSR count). The van der Waals surface area contributed by atoms with Crippen molar-refractivity contribution < 1.29 is 71.6 Å². The number of nitrogen functional groups attached to an aromatic ring is 1. The summed E-state index contributed by atoms with van der Waals surface area (Å²) >= 11 is 0. The Morgan fingerprint density at radius 1 is 0.543 bits per heavy atom. The van der Waals surface area contributed by atoms with Crippen LogP contribution in [0.1, 0.15) is 189 Å². The Hall–Kier alpha value is -10.2. The fourth-order valence-corrected chi connectivity index (χ4v) is 17.8. The number of unbranched alkanes of at least 4 members (excludes halogenated alkanes) is 1. The van der Waals surface area contributed by atoms with Gasteiger partial charge in [0.05, 0.1) is 82.0 Å². The van der Waals surface area contributed by atoms with Gasteiger partial charge in [0.2, 0.25) is 47.3 Å². The van der Waals surface area contributed by atoms with Gasteiger partial charge in [-0.25, -0.2) is 9.59 Å². The molecule has 1 aliphatic heterocycles. The minimum Gasteiger partial charge on any atom is -0.445 e. The molecule has 5 aliphatic rings. The van der Waals surface area contributed by atoms with Crippen molar-refractivity contribution in [1.82, 2.24) is 31.9 Å². The average Bonchev–Trinajstić information content (AvgIpc) is 0.721. The predicted molar refractivity (Wildman–Crippen MR) is 442 cm³/mol. The number of alkyl carbamates (subject to hydrolysis) is 1. The number of imide groups is 1. The number of nitrogens with zero attached hydrogens (tertiary/aromatic N) is 1. The second-order valence-electron chi connectivity index (χ2n) is 32.6. The van der Waals surface area contributed by atoms with Crippen LogP contribution in [-0.4, -0.2) is 150 Å². The van der Waals surface area contributed by atoms with Gasteiger partial charge < -0.3 is 83.0 Å². The lowest BCUT2D eigenvalue weighted by molar-refractivity contribution is -0.150. The molecule has 14 N–H and O–H groups in total. The molecule has 624 valence electrons. The Kier molecular flexibility index (Phi) is 31.6. The molecular weight excluding hydrogens is 1480 g/mol. The molecule has 0 bridgehead atoms. The van der Waals surface area contributed by atoms with Gasteiger partial charge >= 0.3 is 12.1 Å². The number of hydrogen-bond acceptors (Lipinski definition) is 17. The molecule has 116 heavy (non-hydrogen) atoms. The quantitative estimate of drug-likeness (QED) is 0.00755. The smallest absolute Gasteiger partial charge is 0.407 e. The van der Waals surface area contributed by atoms with Gasteiger partial charge in [0.25, 0.3) is 0 Å². The zero-order chi connectivity index (χ0) is 83.0. The molecule has 2 fully saturated rings. The van der Waals surface area contributed by atoms with Crippen LogP contribution >= 0.6 is 0 Å². The molecule has 9 atom stereocenters. The van der Waals surface area contributed by atoms with Crippen LogP contribution in [0.5, 0.6) is 0 Å². The zero-order valence-corrected chi connectivity index (χ0v) is 68.1. The molecule has 11 amide bonds. The van der Waals surface area contributed by atoms with E-state index in [0.717, 1.165) is 91.4 Å². The first-order chi connectivity index (χ1) is 55.7. The molecule has 5 aromatic rings. The lowest BCUT2D eigenvalue weighted by Crippen LogP contribution is -2.60. The largest absolute Gasteiger partial charge is 0.445 e. The van der Waals surface area contributed by atoms with Crippen molar-refractivity contribution in [2.24, 2.45) is 40.1 Å². The number of ether oxygens (including phenoxy) is 5. The van der Waals surface area contributed by atoms with E-state index in [1.54, 1.807) is 43.0 Å². The summed E-state index contributed by atoms with van der Waals surface area (Å²) in [5, 5.41) is 22.5. The van der Waals surface area contributed by atoms with E-state index >= 15 is 0 Å². The van der Waals surface area contributed by atoms with Crippen LogP contribution in [0, 0.1) is 40.4 Å². The van der Waals surface area contributed by atoms with Crippen molar-refractivity contribution in [3.63, 3.8) is 0 Å². The second-order valence-corrected chi connectivity index (χ2v) is 32.6. The summed E-state index contributed by atoms with van der Waals surface area (Å²) in [5.74, 6) is 3.34. The van der Waals surface area contributed by atoms with Gasteiger partial charge in [0.1, 0.15) is 18.7 Å². The molecule has 1 heterocycles. The number of benzene rings is 5. The number of amides is 11. The average molecular weight is 1600 g/mol. The molecule has 5 aromatic carbocycles. The van der Waals surface area contributed by atoms with Crippen molar-refractivity contribution in [1.29, 1.82) is 0 Å². The highest BCUT2D eigenvalue weighted by Gasteiger charge is 2.59. The first-order valence-corrected chi connectivity index (χ1v) is 41.1. The standard InChI is InChI=1S/C89H118N12O15/c1-58(2)78(99-76(103)38-46-112-48-50-114-52-53-115-51-49-113-47-45-93-75(102)36-37-77(104)101-56-64-18-8-7-16-60(64)24-25-63-17-9-10-21-72(63)101)81(107)98-71(20-13-44-94-84(92)110)80(106)96-66-31-22-59(23-32-66)57-116-85(111)95-43-12-11-19-70(91)79(105)97-67-33-27-62-29-35-74-87(4,69(62)55-67)40-15-42-89(74,6)83(109)100-82(108)88(5)41-14-39-86(3)68-54-65(90)30-26-61(68)28-34-73(86)88/h7-10,16-18,21-23,26-27,30-33,54-55,58,70-71,73-74,78H,11-15,19-20,28-29,34-53,56-57,90-91H2,1-6H3,(H,93,102)(H,95,111)(H,96,106)(H,97,105)(H,98,107)(H,99,103)(H3,92,94,110)(H,100,108,109)/t70-,71-,73+,74+,78-,86+,87+,88-,89-/m0/s1. The van der Waals surface area contributed by atoms with Gasteiger partial charge in [0.15, 0.2) is 0 Å². The molecule has 0 spiro atoms. The summed E-state index contributed by atoms with van der Waals surface area (Å²) in [6.07, 6.45) is 9.44. The topological polar surface area (TPSA) is 394 Å². The van der Waals surface area contributed by atoms with Crippen LogP contribution in [0.3, 0.4) is 0 Å². The number of fused-ring (bicyclic) bond motifs is 8. The Morgan fingerprint density at radius 2 is 1.12 bits per heavy atom. The fourth-order valence-electron chi connectivity index (χ4n) is 17.8. The predicted octanol–water partition coefficient (Wildman–Crippen LogP) is 9.31. The summed E-state index contributed by atoms with van der Waals surface area (Å²) in [7, 11) is 0. The molecule has 0 saturated heterocycles. The van der Waals surface area contributed by atoms with E-state index in [0.29, 0.717) is 75.6 Å². The number of rotatable bonds is 39. The number of carbonyl (C=O) groups is 10. The van der Waals surface area contributed by atoms with Crippen molar-refractivity contribution in [3.05, 3.63) is 154 Å². The highest BCUT2D eigenvalue weighted by atomic mass is 16.6. The molecule has 2 saturated carbocycles. The van der Waals surface area contributed by atoms with Gasteiger partial charge in [-0.1, -0.05) is 121 Å². The number of nitrogens with one attached hydrogen (secondary N) is 8. The number of urea groups is 1. The minimum atomic E-state index is -1.08. The molecule has 0 aromatic heterocycles. The zero-order valence-electron chi connectivity index (χ0n) is 68.1. The van der Waals surface area contributed by atoms with Gasteiger partial charge in [-0.3, -0.25) is 43.7 Å². The number of aryl methyl sites for hydroxylation is 2. The number of anilines is 4. The highest BCUT2D eigenvalue weighted by Crippen LogP contribution is 2.60. The van der Waals surface area contributed by atoms with Crippen molar-refractivity contribution >= 4 is 82.1 Å². The first-order valence-electron chi connectivity index (χ1n) is 41.1. The number of para-hydroxylation sites is 1. The molecule has 27 nitrogen and oxygen atoms in total. The van der Waals surface area contributed by atoms with Crippen molar-refractivity contribution in [2.75, 3.05) is 93.8 Å². The summed E-state index contributed by atoms with van der Waals surface area (Å²) in [5.41, 5.74) is 26.4. The van der Waals surface area contributed by atoms with E-state index in [1.165, 1.54) is 16.7 Å². The van der Waals surface area contributed by atoms with E-state index < -0.39 is 58.8 Å². The van der Waals surface area contributed by atoms with E-state index in [2.05, 4.69) is 93.3 Å². The summed E-state index contributed by atoms with van der Waals surface area (Å²) < 4.78 is 27.8. The van der Waals surface area contributed by atoms with Crippen LogP contribution in [-0.2, 0) is 98.9 Å². The van der Waals surface area contributed by atoms with Crippen molar-refractivity contribution in [2.45, 2.75) is 199 Å². The molecule has 0 radical (unpaired) electrons. The van der Waals surface area contributed by atoms with E-state index in [1.807, 2.05) is 73.7 Å². The van der Waals surface area contributed by atoms with Crippen molar-refractivity contribution in [3.8, 4) is 11.8 Å². The summed E-state index contributed by atoms with van der Waals surface area (Å²) in [6, 6.07) is 30.4. The number of carbonyl (C=O) groups excluding carboxylic acids is 10. The normalized spacial score (nSPS) is 21.0. The molecule has 0 unspecified atom stereocenters. The summed E-state index contributed by atoms with van der Waals surface area (Å²) in [6.45, 7) is 15.1. The van der Waals surface area contributed by atoms with E-state index in [4.69, 9.17) is 40.9 Å². The summed E-state index contributed by atoms with van der Waals surface area (Å²) in [4.78, 5) is 136. The number of hydrogen-bond donors (Lipinski definition) is 11. The third kappa shape index (κ3) is 23.1. The van der Waals surface area contributed by atoms with Gasteiger partial charge in [-0.15, -0.1) is 0 Å². The van der Waals surface area contributed by atoms with Gasteiger partial charge in [-0.05, 0) is 200 Å². The van der Waals surface area contributed by atoms with Crippen LogP contribution in [0.4, 0.5) is 32.3 Å².